The predicted octanol–water partition coefficient (Wildman–Crippen LogP) is 3.71. The summed E-state index contributed by atoms with van der Waals surface area (Å²) in [5.74, 6) is 2.80. The lowest BCUT2D eigenvalue weighted by molar-refractivity contribution is 0.171. The van der Waals surface area contributed by atoms with Crippen molar-refractivity contribution in [2.45, 2.75) is 0 Å². The van der Waals surface area contributed by atoms with Crippen LogP contribution in [0.3, 0.4) is 0 Å². The Hall–Kier alpha value is -3.94. The molecule has 28 heavy (non-hydrogen) atoms. The summed E-state index contributed by atoms with van der Waals surface area (Å²) in [6.45, 7) is 1.08. The number of ether oxygens (including phenoxy) is 2. The molecule has 1 N–H and O–H groups in total. The van der Waals surface area contributed by atoms with Crippen LogP contribution < -0.4 is 14.8 Å². The lowest BCUT2D eigenvalue weighted by Crippen LogP contribution is -2.15. The van der Waals surface area contributed by atoms with Gasteiger partial charge in [0.2, 0.25) is 5.82 Å². The van der Waals surface area contributed by atoms with Gasteiger partial charge in [-0.2, -0.15) is 4.98 Å². The van der Waals surface area contributed by atoms with E-state index < -0.39 is 0 Å². The molecule has 8 nitrogen and oxygen atoms in total. The van der Waals surface area contributed by atoms with Crippen molar-refractivity contribution in [2.24, 2.45) is 0 Å². The maximum Gasteiger partial charge on any atom is 0.263 e. The highest BCUT2D eigenvalue weighted by Crippen LogP contribution is 2.35. The van der Waals surface area contributed by atoms with Gasteiger partial charge >= 0.3 is 0 Å². The van der Waals surface area contributed by atoms with Gasteiger partial charge in [0.25, 0.3) is 5.89 Å². The Balaban J connectivity index is 1.46. The molecular formula is C20H15N5O3. The van der Waals surface area contributed by atoms with Gasteiger partial charge in [-0.05, 0) is 12.1 Å². The maximum atomic E-state index is 5.63. The SMILES string of the molecule is c1ccc(-c2noc(-c3cncnc3Nc3ccc4c(c3)OCCO4)n2)cc1. The highest BCUT2D eigenvalue weighted by Gasteiger charge is 2.17. The monoisotopic (exact) mass is 373 g/mol. The second kappa shape index (κ2) is 6.99. The molecule has 0 bridgehead atoms. The molecule has 0 amide bonds. The first-order valence-corrected chi connectivity index (χ1v) is 8.73. The van der Waals surface area contributed by atoms with E-state index in [1.807, 2.05) is 48.5 Å². The lowest BCUT2D eigenvalue weighted by atomic mass is 10.2. The van der Waals surface area contributed by atoms with Crippen molar-refractivity contribution in [2.75, 3.05) is 18.5 Å². The zero-order chi connectivity index (χ0) is 18.8. The number of hydrogen-bond acceptors (Lipinski definition) is 8. The van der Waals surface area contributed by atoms with Crippen LogP contribution in [0.2, 0.25) is 0 Å². The smallest absolute Gasteiger partial charge is 0.263 e. The maximum absolute atomic E-state index is 5.63. The Kier molecular flexibility index (Phi) is 4.06. The van der Waals surface area contributed by atoms with Gasteiger partial charge in [-0.25, -0.2) is 9.97 Å². The Morgan fingerprint density at radius 2 is 1.79 bits per heavy atom. The van der Waals surface area contributed by atoms with Crippen LogP contribution in [0.5, 0.6) is 11.5 Å². The molecule has 0 spiro atoms. The fraction of sp³-hybridized carbons (Fsp3) is 0.100. The first-order chi connectivity index (χ1) is 13.9. The molecule has 2 aromatic heterocycles. The fourth-order valence-electron chi connectivity index (χ4n) is 2.88. The molecule has 0 saturated carbocycles. The Labute approximate surface area is 160 Å². The summed E-state index contributed by atoms with van der Waals surface area (Å²) in [6.07, 6.45) is 3.09. The minimum absolute atomic E-state index is 0.333. The van der Waals surface area contributed by atoms with Gasteiger partial charge in [0.05, 0.1) is 0 Å². The van der Waals surface area contributed by atoms with Crippen LogP contribution in [0.25, 0.3) is 22.8 Å². The number of nitrogens with one attached hydrogen (secondary N) is 1. The highest BCUT2D eigenvalue weighted by atomic mass is 16.6. The summed E-state index contributed by atoms with van der Waals surface area (Å²) in [5, 5.41) is 7.32. The predicted molar refractivity (Wildman–Crippen MR) is 101 cm³/mol. The van der Waals surface area contributed by atoms with E-state index in [4.69, 9.17) is 14.0 Å². The van der Waals surface area contributed by atoms with E-state index in [0.29, 0.717) is 42.1 Å². The molecule has 0 unspecified atom stereocenters. The van der Waals surface area contributed by atoms with E-state index in [1.54, 1.807) is 6.20 Å². The van der Waals surface area contributed by atoms with E-state index in [1.165, 1.54) is 6.33 Å². The third kappa shape index (κ3) is 3.11. The van der Waals surface area contributed by atoms with Crippen LogP contribution in [0.15, 0.2) is 65.6 Å². The second-order valence-electron chi connectivity index (χ2n) is 6.06. The highest BCUT2D eigenvalue weighted by molar-refractivity contribution is 5.74. The van der Waals surface area contributed by atoms with E-state index in [9.17, 15) is 0 Å². The first-order valence-electron chi connectivity index (χ1n) is 8.73. The van der Waals surface area contributed by atoms with Gasteiger partial charge in [0.15, 0.2) is 11.5 Å². The molecule has 0 fully saturated rings. The third-order valence-electron chi connectivity index (χ3n) is 4.21. The van der Waals surface area contributed by atoms with Crippen LogP contribution in [-0.2, 0) is 0 Å². The Bertz CT molecular complexity index is 1110. The van der Waals surface area contributed by atoms with Gasteiger partial charge in [-0.15, -0.1) is 0 Å². The van der Waals surface area contributed by atoms with E-state index in [-0.39, 0.29) is 0 Å². The molecule has 0 saturated heterocycles. The summed E-state index contributed by atoms with van der Waals surface area (Å²) in [7, 11) is 0. The lowest BCUT2D eigenvalue weighted by Gasteiger charge is -2.19. The molecule has 0 aliphatic carbocycles. The summed E-state index contributed by atoms with van der Waals surface area (Å²) in [5.41, 5.74) is 2.27. The number of aromatic nitrogens is 4. The van der Waals surface area contributed by atoms with Crippen molar-refractivity contribution in [3.8, 4) is 34.3 Å². The summed E-state index contributed by atoms with van der Waals surface area (Å²) in [6, 6.07) is 15.2. The third-order valence-corrected chi connectivity index (χ3v) is 4.21. The van der Waals surface area contributed by atoms with Crippen molar-refractivity contribution in [1.82, 2.24) is 20.1 Å². The molecular weight excluding hydrogens is 358 g/mol. The van der Waals surface area contributed by atoms with E-state index in [0.717, 1.165) is 17.0 Å². The van der Waals surface area contributed by atoms with Crippen molar-refractivity contribution in [1.29, 1.82) is 0 Å². The van der Waals surface area contributed by atoms with Gasteiger partial charge in [0.1, 0.15) is 30.9 Å². The normalized spacial score (nSPS) is 12.6. The summed E-state index contributed by atoms with van der Waals surface area (Å²) >= 11 is 0. The summed E-state index contributed by atoms with van der Waals surface area (Å²) < 4.78 is 16.6. The standard InChI is InChI=1S/C20H15N5O3/c1-2-4-13(5-3-1)18-24-20(28-25-18)15-11-21-12-22-19(15)23-14-6-7-16-17(10-14)27-9-8-26-16/h1-7,10-12H,8-9H2,(H,21,22,23). The number of nitrogens with zero attached hydrogens (tertiary/aromatic N) is 4. The second-order valence-corrected chi connectivity index (χ2v) is 6.06. The average Bonchev–Trinajstić information content (AvgIpc) is 3.25. The molecule has 8 heteroatoms. The van der Waals surface area contributed by atoms with Crippen LogP contribution in [0.4, 0.5) is 11.5 Å². The van der Waals surface area contributed by atoms with E-state index >= 15 is 0 Å². The molecule has 3 heterocycles. The molecule has 0 atom stereocenters. The van der Waals surface area contributed by atoms with E-state index in [2.05, 4.69) is 25.4 Å². The average molecular weight is 373 g/mol. The molecule has 1 aliphatic heterocycles. The largest absolute Gasteiger partial charge is 0.486 e. The van der Waals surface area contributed by atoms with Gasteiger partial charge in [0, 0.05) is 23.5 Å². The van der Waals surface area contributed by atoms with Crippen LogP contribution in [-0.4, -0.2) is 33.3 Å². The molecule has 5 rings (SSSR count). The number of benzene rings is 2. The van der Waals surface area contributed by atoms with Crippen molar-refractivity contribution >= 4 is 11.5 Å². The minimum Gasteiger partial charge on any atom is -0.486 e. The zero-order valence-electron chi connectivity index (χ0n) is 14.7. The quantitative estimate of drug-likeness (QED) is 0.578. The first kappa shape index (κ1) is 16.2. The number of fused-ring (bicyclic) bond motifs is 1. The van der Waals surface area contributed by atoms with Crippen LogP contribution in [0, 0.1) is 0 Å². The topological polar surface area (TPSA) is 95.2 Å². The molecule has 1 aliphatic rings. The van der Waals surface area contributed by atoms with Gasteiger partial charge in [-0.1, -0.05) is 35.5 Å². The van der Waals surface area contributed by atoms with Gasteiger partial charge < -0.3 is 19.3 Å². The van der Waals surface area contributed by atoms with Crippen molar-refractivity contribution < 1.29 is 14.0 Å². The number of anilines is 2. The van der Waals surface area contributed by atoms with Crippen LogP contribution in [0.1, 0.15) is 0 Å². The number of hydrogen-bond donors (Lipinski definition) is 1. The zero-order valence-corrected chi connectivity index (χ0v) is 14.7. The molecule has 138 valence electrons. The minimum atomic E-state index is 0.333. The molecule has 0 radical (unpaired) electrons. The number of rotatable bonds is 4. The van der Waals surface area contributed by atoms with Crippen LogP contribution >= 0.6 is 0 Å². The molecule has 4 aromatic rings. The molecule has 2 aromatic carbocycles. The Morgan fingerprint density at radius 1 is 0.929 bits per heavy atom. The van der Waals surface area contributed by atoms with Crippen molar-refractivity contribution in [3.05, 3.63) is 61.1 Å². The van der Waals surface area contributed by atoms with Gasteiger partial charge in [-0.3, -0.25) is 0 Å². The van der Waals surface area contributed by atoms with Crippen molar-refractivity contribution in [3.63, 3.8) is 0 Å². The fourth-order valence-corrected chi connectivity index (χ4v) is 2.88. The summed E-state index contributed by atoms with van der Waals surface area (Å²) in [4.78, 5) is 12.9. The Morgan fingerprint density at radius 3 is 2.68 bits per heavy atom.